The minimum atomic E-state index is -3.36. The Morgan fingerprint density at radius 1 is 1.38 bits per heavy atom. The van der Waals surface area contributed by atoms with Crippen molar-refractivity contribution >= 4 is 15.8 Å². The van der Waals surface area contributed by atoms with Crippen molar-refractivity contribution in [2.75, 3.05) is 12.0 Å². The van der Waals surface area contributed by atoms with Crippen LogP contribution in [-0.2, 0) is 9.84 Å². The average molecular weight is 244 g/mol. The maximum atomic E-state index is 11.0. The van der Waals surface area contributed by atoms with Crippen LogP contribution in [0.1, 0.15) is 22.0 Å². The Balaban J connectivity index is 3.08. The first kappa shape index (κ1) is 12.7. The molecule has 0 aromatic heterocycles. The van der Waals surface area contributed by atoms with Crippen molar-refractivity contribution in [3.63, 3.8) is 0 Å². The van der Waals surface area contributed by atoms with Crippen molar-refractivity contribution in [2.45, 2.75) is 6.10 Å². The van der Waals surface area contributed by atoms with E-state index in [9.17, 15) is 18.3 Å². The van der Waals surface area contributed by atoms with E-state index in [1.165, 1.54) is 18.2 Å². The van der Waals surface area contributed by atoms with Crippen LogP contribution < -0.4 is 0 Å². The van der Waals surface area contributed by atoms with Crippen LogP contribution in [-0.4, -0.2) is 36.6 Å². The number of hydrogen-bond donors (Lipinski definition) is 2. The number of aliphatic hydroxyl groups is 1. The molecule has 1 rings (SSSR count). The quantitative estimate of drug-likeness (QED) is 0.803. The Morgan fingerprint density at radius 3 is 2.44 bits per heavy atom. The van der Waals surface area contributed by atoms with Gasteiger partial charge >= 0.3 is 5.97 Å². The van der Waals surface area contributed by atoms with E-state index < -0.39 is 27.7 Å². The summed E-state index contributed by atoms with van der Waals surface area (Å²) in [6.45, 7) is 0. The fraction of sp³-hybridized carbons (Fsp3) is 0.300. The molecular formula is C10H12O5S. The van der Waals surface area contributed by atoms with Gasteiger partial charge in [-0.15, -0.1) is 0 Å². The van der Waals surface area contributed by atoms with Crippen molar-refractivity contribution in [3.05, 3.63) is 35.4 Å². The molecule has 2 N–H and O–H groups in total. The zero-order valence-electron chi connectivity index (χ0n) is 8.62. The van der Waals surface area contributed by atoms with Crippen molar-refractivity contribution < 1.29 is 23.4 Å². The highest BCUT2D eigenvalue weighted by molar-refractivity contribution is 7.90. The van der Waals surface area contributed by atoms with Crippen LogP contribution >= 0.6 is 0 Å². The lowest BCUT2D eigenvalue weighted by molar-refractivity contribution is 0.0690. The van der Waals surface area contributed by atoms with E-state index in [-0.39, 0.29) is 11.1 Å². The van der Waals surface area contributed by atoms with Gasteiger partial charge in [0.05, 0.1) is 17.4 Å². The van der Waals surface area contributed by atoms with Crippen LogP contribution in [0.3, 0.4) is 0 Å². The number of aromatic carboxylic acids is 1. The van der Waals surface area contributed by atoms with E-state index >= 15 is 0 Å². The molecule has 0 saturated carbocycles. The number of aliphatic hydroxyl groups excluding tert-OH is 1. The third-order valence-electron chi connectivity index (χ3n) is 2.01. The second kappa shape index (κ2) is 4.63. The molecule has 0 radical (unpaired) electrons. The van der Waals surface area contributed by atoms with E-state index in [0.717, 1.165) is 6.26 Å². The molecule has 0 aliphatic carbocycles. The monoisotopic (exact) mass is 244 g/mol. The van der Waals surface area contributed by atoms with E-state index in [1.54, 1.807) is 6.07 Å². The topological polar surface area (TPSA) is 91.7 Å². The third-order valence-corrected chi connectivity index (χ3v) is 2.93. The number of sulfone groups is 1. The molecule has 0 heterocycles. The first-order valence-electron chi connectivity index (χ1n) is 4.49. The van der Waals surface area contributed by atoms with Gasteiger partial charge < -0.3 is 10.2 Å². The Labute approximate surface area is 93.3 Å². The Bertz CT molecular complexity index is 492. The van der Waals surface area contributed by atoms with Crippen LogP contribution in [0.25, 0.3) is 0 Å². The normalized spacial score (nSPS) is 13.4. The second-order valence-corrected chi connectivity index (χ2v) is 5.69. The molecule has 1 aromatic rings. The number of carboxylic acids is 1. The number of benzene rings is 1. The Hall–Kier alpha value is -1.40. The van der Waals surface area contributed by atoms with Crippen molar-refractivity contribution in [1.82, 2.24) is 0 Å². The summed E-state index contributed by atoms with van der Waals surface area (Å²) in [7, 11) is -3.36. The summed E-state index contributed by atoms with van der Waals surface area (Å²) in [4.78, 5) is 10.8. The maximum Gasteiger partial charge on any atom is 0.336 e. The summed E-state index contributed by atoms with van der Waals surface area (Å²) in [6, 6.07) is 5.79. The maximum absolute atomic E-state index is 11.0. The zero-order chi connectivity index (χ0) is 12.3. The molecule has 1 atom stereocenters. The molecule has 1 unspecified atom stereocenters. The SMILES string of the molecule is CS(=O)(=O)CC(O)c1ccccc1C(=O)O. The van der Waals surface area contributed by atoms with Gasteiger partial charge in [0.1, 0.15) is 9.84 Å². The third kappa shape index (κ3) is 3.32. The van der Waals surface area contributed by atoms with E-state index in [0.29, 0.717) is 0 Å². The van der Waals surface area contributed by atoms with Gasteiger partial charge in [0.15, 0.2) is 0 Å². The van der Waals surface area contributed by atoms with Gasteiger partial charge in [0.2, 0.25) is 0 Å². The van der Waals surface area contributed by atoms with Crippen molar-refractivity contribution in [2.24, 2.45) is 0 Å². The van der Waals surface area contributed by atoms with Gasteiger partial charge in [0, 0.05) is 6.26 Å². The smallest absolute Gasteiger partial charge is 0.336 e. The molecule has 88 valence electrons. The molecule has 0 amide bonds. The summed E-state index contributed by atoms with van der Waals surface area (Å²) in [5.41, 5.74) is 0.0269. The minimum absolute atomic E-state index is 0.0846. The first-order chi connectivity index (χ1) is 7.31. The highest BCUT2D eigenvalue weighted by Crippen LogP contribution is 2.19. The van der Waals surface area contributed by atoms with Crippen LogP contribution in [0.4, 0.5) is 0 Å². The molecule has 0 saturated heterocycles. The average Bonchev–Trinajstić information content (AvgIpc) is 2.15. The van der Waals surface area contributed by atoms with Gasteiger partial charge in [-0.05, 0) is 11.6 Å². The highest BCUT2D eigenvalue weighted by atomic mass is 32.2. The fourth-order valence-electron chi connectivity index (χ4n) is 1.36. The zero-order valence-corrected chi connectivity index (χ0v) is 9.44. The van der Waals surface area contributed by atoms with E-state index in [1.807, 2.05) is 0 Å². The lowest BCUT2D eigenvalue weighted by atomic mass is 10.0. The van der Waals surface area contributed by atoms with Gasteiger partial charge in [0.25, 0.3) is 0 Å². The largest absolute Gasteiger partial charge is 0.478 e. The van der Waals surface area contributed by atoms with Gasteiger partial charge in [-0.25, -0.2) is 13.2 Å². The number of carboxylic acid groups (broad SMARTS) is 1. The van der Waals surface area contributed by atoms with Crippen LogP contribution in [0.5, 0.6) is 0 Å². The summed E-state index contributed by atoms with van der Waals surface area (Å²) < 4.78 is 22.0. The molecule has 0 aliphatic rings. The van der Waals surface area contributed by atoms with Gasteiger partial charge in [-0.1, -0.05) is 18.2 Å². The fourth-order valence-corrected chi connectivity index (χ4v) is 2.11. The van der Waals surface area contributed by atoms with E-state index in [2.05, 4.69) is 0 Å². The lowest BCUT2D eigenvalue weighted by Gasteiger charge is -2.12. The van der Waals surface area contributed by atoms with Gasteiger partial charge in [-0.2, -0.15) is 0 Å². The molecule has 5 nitrogen and oxygen atoms in total. The lowest BCUT2D eigenvalue weighted by Crippen LogP contribution is -2.15. The summed E-state index contributed by atoms with van der Waals surface area (Å²) in [5.74, 6) is -1.68. The molecule has 0 fully saturated rings. The molecular weight excluding hydrogens is 232 g/mol. The van der Waals surface area contributed by atoms with Crippen molar-refractivity contribution in [1.29, 1.82) is 0 Å². The highest BCUT2D eigenvalue weighted by Gasteiger charge is 2.19. The summed E-state index contributed by atoms with van der Waals surface area (Å²) >= 11 is 0. The number of hydrogen-bond acceptors (Lipinski definition) is 4. The molecule has 6 heteroatoms. The molecule has 0 bridgehead atoms. The Morgan fingerprint density at radius 2 is 1.94 bits per heavy atom. The van der Waals surface area contributed by atoms with Crippen LogP contribution in [0, 0.1) is 0 Å². The van der Waals surface area contributed by atoms with E-state index in [4.69, 9.17) is 5.11 Å². The number of carbonyl (C=O) groups is 1. The second-order valence-electron chi connectivity index (χ2n) is 3.50. The van der Waals surface area contributed by atoms with Gasteiger partial charge in [-0.3, -0.25) is 0 Å². The summed E-state index contributed by atoms with van der Waals surface area (Å²) in [6.07, 6.45) is -0.332. The first-order valence-corrected chi connectivity index (χ1v) is 6.55. The molecule has 16 heavy (non-hydrogen) atoms. The predicted octanol–water partition coefficient (Wildman–Crippen LogP) is 0.463. The van der Waals surface area contributed by atoms with Crippen LogP contribution in [0.15, 0.2) is 24.3 Å². The molecule has 0 spiro atoms. The predicted molar refractivity (Wildman–Crippen MR) is 58.1 cm³/mol. The Kier molecular flexibility index (Phi) is 3.66. The van der Waals surface area contributed by atoms with Crippen molar-refractivity contribution in [3.8, 4) is 0 Å². The number of rotatable bonds is 4. The van der Waals surface area contributed by atoms with Crippen LogP contribution in [0.2, 0.25) is 0 Å². The molecule has 1 aromatic carbocycles. The summed E-state index contributed by atoms with van der Waals surface area (Å²) in [5, 5.41) is 18.5. The standard InChI is InChI=1S/C10H12O5S/c1-16(14,15)6-9(11)7-4-2-3-5-8(7)10(12)13/h2-5,9,11H,6H2,1H3,(H,12,13). The molecule has 0 aliphatic heterocycles. The minimum Gasteiger partial charge on any atom is -0.478 e.